The molecule has 5 nitrogen and oxygen atoms in total. The van der Waals surface area contributed by atoms with Crippen molar-refractivity contribution in [2.45, 2.75) is 20.0 Å². The molecule has 3 aromatic rings. The molecule has 148 valence electrons. The SMILES string of the molecule is CC(C)Oc1ccc(C(=O)Nc2ccccc2NC(=O)c2ccccc2)cc1Cl. The second-order valence-corrected chi connectivity index (χ2v) is 7.04. The van der Waals surface area contributed by atoms with Crippen LogP contribution >= 0.6 is 11.6 Å². The standard InChI is InChI=1S/C23H21ClN2O3/c1-15(2)29-21-13-12-17(14-18(21)24)23(28)26-20-11-7-6-10-19(20)25-22(27)16-8-4-3-5-9-16/h3-15H,1-2H3,(H,25,27)(H,26,28). The summed E-state index contributed by atoms with van der Waals surface area (Å²) in [6.45, 7) is 3.80. The first kappa shape index (κ1) is 20.4. The van der Waals surface area contributed by atoms with Gasteiger partial charge in [0, 0.05) is 11.1 Å². The van der Waals surface area contributed by atoms with Crippen molar-refractivity contribution >= 4 is 34.8 Å². The van der Waals surface area contributed by atoms with Crippen molar-refractivity contribution < 1.29 is 14.3 Å². The van der Waals surface area contributed by atoms with E-state index in [1.807, 2.05) is 19.9 Å². The molecule has 0 saturated heterocycles. The Morgan fingerprint density at radius 3 is 1.90 bits per heavy atom. The molecular formula is C23H21ClN2O3. The Morgan fingerprint density at radius 2 is 1.34 bits per heavy atom. The fraction of sp³-hybridized carbons (Fsp3) is 0.130. The van der Waals surface area contributed by atoms with Crippen LogP contribution in [0.25, 0.3) is 0 Å². The third-order valence-electron chi connectivity index (χ3n) is 4.02. The summed E-state index contributed by atoms with van der Waals surface area (Å²) in [5, 5.41) is 6.00. The molecule has 0 spiro atoms. The Kier molecular flexibility index (Phi) is 6.52. The first-order chi connectivity index (χ1) is 13.9. The van der Waals surface area contributed by atoms with E-state index in [-0.39, 0.29) is 17.9 Å². The highest BCUT2D eigenvalue weighted by Crippen LogP contribution is 2.28. The molecule has 3 rings (SSSR count). The van der Waals surface area contributed by atoms with E-state index in [0.29, 0.717) is 33.3 Å². The number of ether oxygens (including phenoxy) is 1. The van der Waals surface area contributed by atoms with Gasteiger partial charge in [0.25, 0.3) is 11.8 Å². The predicted molar refractivity (Wildman–Crippen MR) is 116 cm³/mol. The normalized spacial score (nSPS) is 10.5. The fourth-order valence-electron chi connectivity index (χ4n) is 2.67. The fourth-order valence-corrected chi connectivity index (χ4v) is 2.90. The largest absolute Gasteiger partial charge is 0.489 e. The number of halogens is 1. The number of para-hydroxylation sites is 2. The monoisotopic (exact) mass is 408 g/mol. The lowest BCUT2D eigenvalue weighted by atomic mass is 10.1. The Balaban J connectivity index is 1.76. The Hall–Kier alpha value is -3.31. The quantitative estimate of drug-likeness (QED) is 0.555. The molecule has 2 N–H and O–H groups in total. The zero-order chi connectivity index (χ0) is 20.8. The first-order valence-corrected chi connectivity index (χ1v) is 9.55. The molecule has 0 bridgehead atoms. The molecule has 0 aromatic heterocycles. The van der Waals surface area contributed by atoms with E-state index in [2.05, 4.69) is 10.6 Å². The molecule has 0 fully saturated rings. The van der Waals surface area contributed by atoms with Gasteiger partial charge < -0.3 is 15.4 Å². The van der Waals surface area contributed by atoms with Gasteiger partial charge in [0.05, 0.1) is 22.5 Å². The maximum Gasteiger partial charge on any atom is 0.255 e. The highest BCUT2D eigenvalue weighted by atomic mass is 35.5. The summed E-state index contributed by atoms with van der Waals surface area (Å²) in [5.74, 6) is -0.0799. The van der Waals surface area contributed by atoms with Gasteiger partial charge in [-0.15, -0.1) is 0 Å². The van der Waals surface area contributed by atoms with Crippen molar-refractivity contribution in [3.63, 3.8) is 0 Å². The van der Waals surface area contributed by atoms with E-state index in [9.17, 15) is 9.59 Å². The molecule has 3 aromatic carbocycles. The minimum Gasteiger partial charge on any atom is -0.489 e. The van der Waals surface area contributed by atoms with Gasteiger partial charge in [0.1, 0.15) is 5.75 Å². The predicted octanol–water partition coefficient (Wildman–Crippen LogP) is 5.63. The third-order valence-corrected chi connectivity index (χ3v) is 4.31. The van der Waals surface area contributed by atoms with E-state index in [4.69, 9.17) is 16.3 Å². The van der Waals surface area contributed by atoms with Gasteiger partial charge in [-0.25, -0.2) is 0 Å². The average Bonchev–Trinajstić information content (AvgIpc) is 2.71. The maximum absolute atomic E-state index is 12.7. The second-order valence-electron chi connectivity index (χ2n) is 6.63. The Labute approximate surface area is 174 Å². The van der Waals surface area contributed by atoms with Gasteiger partial charge in [-0.1, -0.05) is 41.9 Å². The maximum atomic E-state index is 12.7. The Bertz CT molecular complexity index is 1020. The minimum absolute atomic E-state index is 0.0210. The van der Waals surface area contributed by atoms with Crippen LogP contribution in [0.15, 0.2) is 72.8 Å². The summed E-state index contributed by atoms with van der Waals surface area (Å²) in [4.78, 5) is 25.1. The van der Waals surface area contributed by atoms with E-state index < -0.39 is 0 Å². The Morgan fingerprint density at radius 1 is 0.793 bits per heavy atom. The molecule has 0 radical (unpaired) electrons. The van der Waals surface area contributed by atoms with Crippen molar-refractivity contribution in [1.82, 2.24) is 0 Å². The van der Waals surface area contributed by atoms with Gasteiger partial charge >= 0.3 is 0 Å². The molecule has 6 heteroatoms. The highest BCUT2D eigenvalue weighted by Gasteiger charge is 2.14. The first-order valence-electron chi connectivity index (χ1n) is 9.17. The summed E-state index contributed by atoms with van der Waals surface area (Å²) >= 11 is 6.23. The van der Waals surface area contributed by atoms with E-state index in [1.165, 1.54) is 0 Å². The van der Waals surface area contributed by atoms with E-state index in [0.717, 1.165) is 0 Å². The number of benzene rings is 3. The summed E-state index contributed by atoms with van der Waals surface area (Å²) in [6.07, 6.45) is -0.0210. The number of anilines is 2. The molecule has 0 heterocycles. The third kappa shape index (κ3) is 5.36. The van der Waals surface area contributed by atoms with Gasteiger partial charge in [-0.2, -0.15) is 0 Å². The lowest BCUT2D eigenvalue weighted by Crippen LogP contribution is -2.17. The number of amides is 2. The smallest absolute Gasteiger partial charge is 0.255 e. The van der Waals surface area contributed by atoms with Crippen molar-refractivity contribution in [1.29, 1.82) is 0 Å². The van der Waals surface area contributed by atoms with Gasteiger partial charge in [0.15, 0.2) is 0 Å². The molecule has 29 heavy (non-hydrogen) atoms. The van der Waals surface area contributed by atoms with Crippen molar-refractivity contribution in [2.24, 2.45) is 0 Å². The molecule has 0 aliphatic rings. The number of hydrogen-bond donors (Lipinski definition) is 2. The summed E-state index contributed by atoms with van der Waals surface area (Å²) in [7, 11) is 0. The van der Waals surface area contributed by atoms with Crippen molar-refractivity contribution in [3.8, 4) is 5.75 Å². The van der Waals surface area contributed by atoms with Crippen LogP contribution in [-0.2, 0) is 0 Å². The highest BCUT2D eigenvalue weighted by molar-refractivity contribution is 6.32. The molecule has 0 atom stereocenters. The summed E-state index contributed by atoms with van der Waals surface area (Å²) in [6, 6.07) is 20.7. The minimum atomic E-state index is -0.343. The molecule has 0 unspecified atom stereocenters. The van der Waals surface area contributed by atoms with Crippen LogP contribution in [0.1, 0.15) is 34.6 Å². The van der Waals surface area contributed by atoms with Crippen molar-refractivity contribution in [3.05, 3.63) is 88.9 Å². The zero-order valence-electron chi connectivity index (χ0n) is 16.1. The van der Waals surface area contributed by atoms with Gasteiger partial charge in [0.2, 0.25) is 0 Å². The topological polar surface area (TPSA) is 67.4 Å². The van der Waals surface area contributed by atoms with Crippen LogP contribution in [0.2, 0.25) is 5.02 Å². The molecule has 2 amide bonds. The zero-order valence-corrected chi connectivity index (χ0v) is 16.9. The van der Waals surface area contributed by atoms with Crippen LogP contribution in [0.4, 0.5) is 11.4 Å². The average molecular weight is 409 g/mol. The van der Waals surface area contributed by atoms with Crippen molar-refractivity contribution in [2.75, 3.05) is 10.6 Å². The van der Waals surface area contributed by atoms with Crippen LogP contribution < -0.4 is 15.4 Å². The number of hydrogen-bond acceptors (Lipinski definition) is 3. The van der Waals surface area contributed by atoms with E-state index >= 15 is 0 Å². The number of carbonyl (C=O) groups is 2. The number of rotatable bonds is 6. The van der Waals surface area contributed by atoms with E-state index in [1.54, 1.807) is 66.7 Å². The number of carbonyl (C=O) groups excluding carboxylic acids is 2. The lowest BCUT2D eigenvalue weighted by Gasteiger charge is -2.14. The summed E-state index contributed by atoms with van der Waals surface area (Å²) in [5.41, 5.74) is 1.90. The molecule has 0 aliphatic carbocycles. The van der Waals surface area contributed by atoms with Crippen LogP contribution in [0, 0.1) is 0 Å². The molecule has 0 aliphatic heterocycles. The van der Waals surface area contributed by atoms with Crippen LogP contribution in [0.5, 0.6) is 5.75 Å². The van der Waals surface area contributed by atoms with Crippen LogP contribution in [0.3, 0.4) is 0 Å². The van der Waals surface area contributed by atoms with Gasteiger partial charge in [-0.3, -0.25) is 9.59 Å². The van der Waals surface area contributed by atoms with Gasteiger partial charge in [-0.05, 0) is 56.3 Å². The molecular weight excluding hydrogens is 388 g/mol. The van der Waals surface area contributed by atoms with Crippen LogP contribution in [-0.4, -0.2) is 17.9 Å². The summed E-state index contributed by atoms with van der Waals surface area (Å²) < 4.78 is 5.59. The lowest BCUT2D eigenvalue weighted by molar-refractivity contribution is 0.101. The molecule has 0 saturated carbocycles. The number of nitrogens with one attached hydrogen (secondary N) is 2. The second kappa shape index (κ2) is 9.26.